The molecule has 0 amide bonds. The van der Waals surface area contributed by atoms with Crippen LogP contribution in [-0.4, -0.2) is 18.2 Å². The molecular formula is C11H16N2OS. The highest BCUT2D eigenvalue weighted by Gasteiger charge is 2.37. The van der Waals surface area contributed by atoms with Gasteiger partial charge in [-0.25, -0.2) is 4.98 Å². The van der Waals surface area contributed by atoms with Crippen molar-refractivity contribution in [3.05, 3.63) is 16.1 Å². The SMILES string of the molecule is NC1(c2nc(C3CCOC3)cs2)CCC1. The summed E-state index contributed by atoms with van der Waals surface area (Å²) >= 11 is 1.73. The zero-order chi connectivity index (χ0) is 10.3. The van der Waals surface area contributed by atoms with Crippen molar-refractivity contribution in [2.24, 2.45) is 5.73 Å². The quantitative estimate of drug-likeness (QED) is 0.835. The summed E-state index contributed by atoms with van der Waals surface area (Å²) in [4.78, 5) is 4.70. The van der Waals surface area contributed by atoms with Gasteiger partial charge >= 0.3 is 0 Å². The van der Waals surface area contributed by atoms with Gasteiger partial charge in [-0.05, 0) is 25.7 Å². The van der Waals surface area contributed by atoms with Gasteiger partial charge in [0.25, 0.3) is 0 Å². The average molecular weight is 224 g/mol. The number of hydrogen-bond acceptors (Lipinski definition) is 4. The Morgan fingerprint density at radius 1 is 1.53 bits per heavy atom. The van der Waals surface area contributed by atoms with Gasteiger partial charge in [-0.3, -0.25) is 0 Å². The van der Waals surface area contributed by atoms with Gasteiger partial charge in [0, 0.05) is 17.9 Å². The third-order valence-electron chi connectivity index (χ3n) is 3.54. The van der Waals surface area contributed by atoms with Crippen molar-refractivity contribution < 1.29 is 4.74 Å². The third kappa shape index (κ3) is 1.61. The molecule has 1 saturated carbocycles. The number of hydrogen-bond donors (Lipinski definition) is 1. The molecule has 1 atom stereocenters. The Labute approximate surface area is 93.7 Å². The molecule has 2 N–H and O–H groups in total. The van der Waals surface area contributed by atoms with Crippen molar-refractivity contribution in [2.45, 2.75) is 37.1 Å². The van der Waals surface area contributed by atoms with Crippen molar-refractivity contribution >= 4 is 11.3 Å². The summed E-state index contributed by atoms with van der Waals surface area (Å²) < 4.78 is 5.38. The maximum atomic E-state index is 6.25. The molecule has 1 aromatic heterocycles. The van der Waals surface area contributed by atoms with Crippen molar-refractivity contribution in [3.8, 4) is 0 Å². The molecule has 2 heterocycles. The summed E-state index contributed by atoms with van der Waals surface area (Å²) in [5.74, 6) is 0.513. The molecule has 1 aliphatic heterocycles. The van der Waals surface area contributed by atoms with E-state index in [0.717, 1.165) is 37.5 Å². The largest absolute Gasteiger partial charge is 0.381 e. The summed E-state index contributed by atoms with van der Waals surface area (Å²) in [5, 5.41) is 3.30. The number of thiazole rings is 1. The molecule has 0 radical (unpaired) electrons. The molecule has 0 spiro atoms. The van der Waals surface area contributed by atoms with E-state index in [0.29, 0.717) is 5.92 Å². The molecule has 0 bridgehead atoms. The Balaban J connectivity index is 1.80. The first-order chi connectivity index (χ1) is 7.28. The molecule has 2 fully saturated rings. The fraction of sp³-hybridized carbons (Fsp3) is 0.727. The maximum Gasteiger partial charge on any atom is 0.113 e. The van der Waals surface area contributed by atoms with Gasteiger partial charge in [-0.15, -0.1) is 11.3 Å². The van der Waals surface area contributed by atoms with Crippen molar-refractivity contribution in [1.82, 2.24) is 4.98 Å². The first kappa shape index (κ1) is 9.75. The lowest BCUT2D eigenvalue weighted by atomic mass is 9.78. The lowest BCUT2D eigenvalue weighted by Crippen LogP contribution is -2.43. The predicted octanol–water partition coefficient (Wildman–Crippen LogP) is 1.98. The van der Waals surface area contributed by atoms with E-state index >= 15 is 0 Å². The molecule has 3 nitrogen and oxygen atoms in total. The zero-order valence-electron chi connectivity index (χ0n) is 8.74. The monoisotopic (exact) mass is 224 g/mol. The van der Waals surface area contributed by atoms with Gasteiger partial charge in [0.2, 0.25) is 0 Å². The van der Waals surface area contributed by atoms with Crippen LogP contribution in [0.1, 0.15) is 42.3 Å². The molecule has 3 rings (SSSR count). The summed E-state index contributed by atoms with van der Waals surface area (Å²) in [7, 11) is 0. The van der Waals surface area contributed by atoms with E-state index in [4.69, 9.17) is 15.5 Å². The Hall–Kier alpha value is -0.450. The topological polar surface area (TPSA) is 48.1 Å². The van der Waals surface area contributed by atoms with Crippen molar-refractivity contribution in [3.63, 3.8) is 0 Å². The fourth-order valence-corrected chi connectivity index (χ4v) is 3.32. The second-order valence-electron chi connectivity index (χ2n) is 4.65. The summed E-state index contributed by atoms with van der Waals surface area (Å²) in [5.41, 5.74) is 7.36. The third-order valence-corrected chi connectivity index (χ3v) is 4.62. The molecule has 1 saturated heterocycles. The molecule has 1 aliphatic carbocycles. The molecule has 15 heavy (non-hydrogen) atoms. The highest BCUT2D eigenvalue weighted by Crippen LogP contribution is 2.41. The second-order valence-corrected chi connectivity index (χ2v) is 5.51. The van der Waals surface area contributed by atoms with Crippen LogP contribution < -0.4 is 5.73 Å². The average Bonchev–Trinajstić information content (AvgIpc) is 2.84. The molecule has 0 aromatic carbocycles. The van der Waals surface area contributed by atoms with Crippen LogP contribution in [0.4, 0.5) is 0 Å². The van der Waals surface area contributed by atoms with Crippen LogP contribution in [0.5, 0.6) is 0 Å². The van der Waals surface area contributed by atoms with Crippen LogP contribution in [0.2, 0.25) is 0 Å². The van der Waals surface area contributed by atoms with Gasteiger partial charge in [0.1, 0.15) is 5.01 Å². The summed E-state index contributed by atoms with van der Waals surface area (Å²) in [6.45, 7) is 1.71. The fourth-order valence-electron chi connectivity index (χ4n) is 2.24. The number of nitrogens with zero attached hydrogens (tertiary/aromatic N) is 1. The highest BCUT2D eigenvalue weighted by molar-refractivity contribution is 7.09. The van der Waals surface area contributed by atoms with Gasteiger partial charge in [-0.1, -0.05) is 0 Å². The van der Waals surface area contributed by atoms with Crippen LogP contribution >= 0.6 is 11.3 Å². The van der Waals surface area contributed by atoms with E-state index < -0.39 is 0 Å². The van der Waals surface area contributed by atoms with Gasteiger partial charge < -0.3 is 10.5 Å². The van der Waals surface area contributed by atoms with Gasteiger partial charge in [-0.2, -0.15) is 0 Å². The Bertz CT molecular complexity index is 353. The predicted molar refractivity (Wildman–Crippen MR) is 60.0 cm³/mol. The second kappa shape index (κ2) is 3.54. The molecular weight excluding hydrogens is 208 g/mol. The van der Waals surface area contributed by atoms with E-state index in [1.807, 2.05) is 0 Å². The smallest absolute Gasteiger partial charge is 0.113 e. The summed E-state index contributed by atoms with van der Waals surface area (Å²) in [6.07, 6.45) is 4.56. The minimum absolute atomic E-state index is 0.0949. The van der Waals surface area contributed by atoms with E-state index in [2.05, 4.69) is 5.38 Å². The zero-order valence-corrected chi connectivity index (χ0v) is 9.55. The molecule has 4 heteroatoms. The van der Waals surface area contributed by atoms with Gasteiger partial charge in [0.15, 0.2) is 0 Å². The van der Waals surface area contributed by atoms with Crippen molar-refractivity contribution in [1.29, 1.82) is 0 Å². The normalized spacial score (nSPS) is 29.0. The Morgan fingerprint density at radius 3 is 3.00 bits per heavy atom. The van der Waals surface area contributed by atoms with Crippen molar-refractivity contribution in [2.75, 3.05) is 13.2 Å². The lowest BCUT2D eigenvalue weighted by Gasteiger charge is -2.35. The lowest BCUT2D eigenvalue weighted by molar-refractivity contribution is 0.193. The first-order valence-electron chi connectivity index (χ1n) is 5.60. The van der Waals surface area contributed by atoms with Gasteiger partial charge in [0.05, 0.1) is 17.8 Å². The molecule has 2 aliphatic rings. The Kier molecular flexibility index (Phi) is 2.30. The molecule has 82 valence electrons. The number of aromatic nitrogens is 1. The maximum absolute atomic E-state index is 6.25. The van der Waals surface area contributed by atoms with Crippen LogP contribution in [0, 0.1) is 0 Å². The standard InChI is InChI=1S/C11H16N2OS/c12-11(3-1-4-11)10-13-9(7-15-10)8-2-5-14-6-8/h7-8H,1-6,12H2. The minimum Gasteiger partial charge on any atom is -0.381 e. The van der Waals surface area contributed by atoms with Crippen LogP contribution in [0.25, 0.3) is 0 Å². The van der Waals surface area contributed by atoms with E-state index in [1.54, 1.807) is 11.3 Å². The minimum atomic E-state index is -0.0949. The molecule has 1 unspecified atom stereocenters. The van der Waals surface area contributed by atoms with Crippen LogP contribution in [-0.2, 0) is 10.3 Å². The number of rotatable bonds is 2. The number of ether oxygens (including phenoxy) is 1. The van der Waals surface area contributed by atoms with E-state index in [9.17, 15) is 0 Å². The highest BCUT2D eigenvalue weighted by atomic mass is 32.1. The van der Waals surface area contributed by atoms with E-state index in [-0.39, 0.29) is 5.54 Å². The number of nitrogens with two attached hydrogens (primary N) is 1. The first-order valence-corrected chi connectivity index (χ1v) is 6.48. The van der Waals surface area contributed by atoms with Crippen LogP contribution in [0.3, 0.4) is 0 Å². The summed E-state index contributed by atoms with van der Waals surface area (Å²) in [6, 6.07) is 0. The van der Waals surface area contributed by atoms with Crippen LogP contribution in [0.15, 0.2) is 5.38 Å². The Morgan fingerprint density at radius 2 is 2.40 bits per heavy atom. The molecule has 1 aromatic rings. The van der Waals surface area contributed by atoms with E-state index in [1.165, 1.54) is 12.1 Å².